The summed E-state index contributed by atoms with van der Waals surface area (Å²) in [6, 6.07) is 0.933. The molecule has 0 unspecified atom stereocenters. The van der Waals surface area contributed by atoms with Gasteiger partial charge in [0.15, 0.2) is 0 Å². The van der Waals surface area contributed by atoms with Crippen molar-refractivity contribution in [2.24, 2.45) is 5.92 Å². The molecule has 0 radical (unpaired) electrons. The Labute approximate surface area is 93.6 Å². The Hall–Kier alpha value is -0.0800. The standard InChI is InChI=1S/C13H24N2/c1-2-8-15(7-1)13-5-9-14(10-6-13)11-12-3-4-12/h12-13H,1-11H2. The predicted molar refractivity (Wildman–Crippen MR) is 63.0 cm³/mol. The lowest BCUT2D eigenvalue weighted by Gasteiger charge is -2.36. The lowest BCUT2D eigenvalue weighted by Crippen LogP contribution is -2.44. The van der Waals surface area contributed by atoms with Gasteiger partial charge >= 0.3 is 0 Å². The van der Waals surface area contributed by atoms with Gasteiger partial charge in [-0.3, -0.25) is 0 Å². The summed E-state index contributed by atoms with van der Waals surface area (Å²) in [5.74, 6) is 1.08. The van der Waals surface area contributed by atoms with Crippen LogP contribution >= 0.6 is 0 Å². The van der Waals surface area contributed by atoms with Crippen LogP contribution in [0.2, 0.25) is 0 Å². The minimum atomic E-state index is 0.933. The summed E-state index contributed by atoms with van der Waals surface area (Å²) in [5, 5.41) is 0. The average Bonchev–Trinajstić information content (AvgIpc) is 2.92. The number of hydrogen-bond donors (Lipinski definition) is 0. The molecule has 0 spiro atoms. The van der Waals surface area contributed by atoms with Crippen molar-refractivity contribution in [2.75, 3.05) is 32.7 Å². The molecule has 0 amide bonds. The van der Waals surface area contributed by atoms with Crippen LogP contribution in [0, 0.1) is 5.92 Å². The quantitative estimate of drug-likeness (QED) is 0.699. The van der Waals surface area contributed by atoms with Crippen LogP contribution in [0.25, 0.3) is 0 Å². The van der Waals surface area contributed by atoms with E-state index in [1.54, 1.807) is 0 Å². The molecule has 15 heavy (non-hydrogen) atoms. The Morgan fingerprint density at radius 3 is 2.07 bits per heavy atom. The van der Waals surface area contributed by atoms with Gasteiger partial charge in [-0.1, -0.05) is 0 Å². The molecule has 0 atom stereocenters. The van der Waals surface area contributed by atoms with E-state index in [0.717, 1.165) is 12.0 Å². The van der Waals surface area contributed by atoms with Crippen molar-refractivity contribution in [1.29, 1.82) is 0 Å². The molecule has 2 nitrogen and oxygen atoms in total. The lowest BCUT2D eigenvalue weighted by molar-refractivity contribution is 0.124. The summed E-state index contributed by atoms with van der Waals surface area (Å²) in [6.07, 6.45) is 8.78. The molecule has 0 N–H and O–H groups in total. The fraction of sp³-hybridized carbons (Fsp3) is 1.00. The summed E-state index contributed by atoms with van der Waals surface area (Å²) in [7, 11) is 0. The highest BCUT2D eigenvalue weighted by Crippen LogP contribution is 2.31. The first kappa shape index (κ1) is 10.1. The maximum absolute atomic E-state index is 2.74. The number of hydrogen-bond acceptors (Lipinski definition) is 2. The van der Waals surface area contributed by atoms with Crippen molar-refractivity contribution in [3.05, 3.63) is 0 Å². The van der Waals surface area contributed by atoms with Crippen molar-refractivity contribution in [3.63, 3.8) is 0 Å². The highest BCUT2D eigenvalue weighted by Gasteiger charge is 2.29. The Kier molecular flexibility index (Phi) is 2.98. The molecule has 2 saturated heterocycles. The predicted octanol–water partition coefficient (Wildman–Crippen LogP) is 1.96. The zero-order chi connectivity index (χ0) is 10.1. The summed E-state index contributed by atoms with van der Waals surface area (Å²) >= 11 is 0. The van der Waals surface area contributed by atoms with E-state index in [-0.39, 0.29) is 0 Å². The normalized spacial score (nSPS) is 31.2. The Morgan fingerprint density at radius 1 is 0.800 bits per heavy atom. The van der Waals surface area contributed by atoms with E-state index in [1.807, 2.05) is 0 Å². The van der Waals surface area contributed by atoms with Gasteiger partial charge in [-0.15, -0.1) is 0 Å². The third-order valence-electron chi connectivity index (χ3n) is 4.43. The Morgan fingerprint density at radius 2 is 1.47 bits per heavy atom. The monoisotopic (exact) mass is 208 g/mol. The van der Waals surface area contributed by atoms with Crippen LogP contribution < -0.4 is 0 Å². The number of likely N-dealkylation sites (tertiary alicyclic amines) is 2. The van der Waals surface area contributed by atoms with E-state index in [4.69, 9.17) is 0 Å². The van der Waals surface area contributed by atoms with Gasteiger partial charge in [0.1, 0.15) is 0 Å². The van der Waals surface area contributed by atoms with Crippen molar-refractivity contribution < 1.29 is 0 Å². The summed E-state index contributed by atoms with van der Waals surface area (Å²) in [5.41, 5.74) is 0. The summed E-state index contributed by atoms with van der Waals surface area (Å²) in [4.78, 5) is 5.46. The van der Waals surface area contributed by atoms with Crippen LogP contribution in [0.15, 0.2) is 0 Å². The minimum absolute atomic E-state index is 0.933. The summed E-state index contributed by atoms with van der Waals surface area (Å²) < 4.78 is 0. The van der Waals surface area contributed by atoms with Gasteiger partial charge in [0.25, 0.3) is 0 Å². The molecule has 3 rings (SSSR count). The van der Waals surface area contributed by atoms with Crippen molar-refractivity contribution in [3.8, 4) is 0 Å². The van der Waals surface area contributed by atoms with Crippen LogP contribution in [-0.2, 0) is 0 Å². The van der Waals surface area contributed by atoms with Gasteiger partial charge in [0.2, 0.25) is 0 Å². The zero-order valence-corrected chi connectivity index (χ0v) is 9.83. The van der Waals surface area contributed by atoms with Crippen molar-refractivity contribution >= 4 is 0 Å². The fourth-order valence-corrected chi connectivity index (χ4v) is 3.24. The van der Waals surface area contributed by atoms with E-state index in [2.05, 4.69) is 9.80 Å². The third-order valence-corrected chi connectivity index (χ3v) is 4.43. The maximum Gasteiger partial charge on any atom is 0.0120 e. The fourth-order valence-electron chi connectivity index (χ4n) is 3.24. The highest BCUT2D eigenvalue weighted by molar-refractivity contribution is 4.85. The number of nitrogens with zero attached hydrogens (tertiary/aromatic N) is 2. The second-order valence-electron chi connectivity index (χ2n) is 5.72. The molecular formula is C13H24N2. The maximum atomic E-state index is 2.74. The van der Waals surface area contributed by atoms with Gasteiger partial charge in [0.05, 0.1) is 0 Å². The topological polar surface area (TPSA) is 6.48 Å². The molecule has 86 valence electrons. The van der Waals surface area contributed by atoms with E-state index >= 15 is 0 Å². The second-order valence-corrected chi connectivity index (χ2v) is 5.72. The highest BCUT2D eigenvalue weighted by atomic mass is 15.2. The van der Waals surface area contributed by atoms with Crippen LogP contribution in [0.3, 0.4) is 0 Å². The molecule has 0 bridgehead atoms. The SMILES string of the molecule is C1CCN(C2CCN(CC3CC3)CC2)C1. The number of rotatable bonds is 3. The van der Waals surface area contributed by atoms with Gasteiger partial charge in [-0.25, -0.2) is 0 Å². The smallest absolute Gasteiger partial charge is 0.0120 e. The van der Waals surface area contributed by atoms with Crippen LogP contribution in [-0.4, -0.2) is 48.6 Å². The second kappa shape index (κ2) is 4.42. The molecule has 3 aliphatic rings. The average molecular weight is 208 g/mol. The Balaban J connectivity index is 1.42. The summed E-state index contributed by atoms with van der Waals surface area (Å²) in [6.45, 7) is 6.92. The van der Waals surface area contributed by atoms with Crippen LogP contribution in [0.5, 0.6) is 0 Å². The van der Waals surface area contributed by atoms with Gasteiger partial charge < -0.3 is 9.80 Å². The largest absolute Gasteiger partial charge is 0.303 e. The van der Waals surface area contributed by atoms with Gasteiger partial charge in [-0.2, -0.15) is 0 Å². The molecule has 3 fully saturated rings. The molecule has 2 aliphatic heterocycles. The first-order valence-electron chi connectivity index (χ1n) is 6.88. The molecule has 1 saturated carbocycles. The van der Waals surface area contributed by atoms with E-state index in [9.17, 15) is 0 Å². The first-order valence-corrected chi connectivity index (χ1v) is 6.88. The van der Waals surface area contributed by atoms with E-state index in [0.29, 0.717) is 0 Å². The zero-order valence-electron chi connectivity index (χ0n) is 9.83. The minimum Gasteiger partial charge on any atom is -0.303 e. The van der Waals surface area contributed by atoms with E-state index in [1.165, 1.54) is 71.2 Å². The number of piperidine rings is 1. The van der Waals surface area contributed by atoms with Crippen molar-refractivity contribution in [1.82, 2.24) is 9.80 Å². The van der Waals surface area contributed by atoms with Crippen LogP contribution in [0.4, 0.5) is 0 Å². The third kappa shape index (κ3) is 2.54. The molecule has 2 heterocycles. The van der Waals surface area contributed by atoms with Gasteiger partial charge in [-0.05, 0) is 70.6 Å². The first-order chi connectivity index (χ1) is 7.42. The Bertz CT molecular complexity index is 199. The molecule has 2 heteroatoms. The lowest BCUT2D eigenvalue weighted by atomic mass is 10.0. The van der Waals surface area contributed by atoms with Gasteiger partial charge in [0, 0.05) is 12.6 Å². The molecule has 0 aromatic heterocycles. The molecular weight excluding hydrogens is 184 g/mol. The molecule has 0 aromatic carbocycles. The molecule has 1 aliphatic carbocycles. The van der Waals surface area contributed by atoms with E-state index < -0.39 is 0 Å². The molecule has 0 aromatic rings. The van der Waals surface area contributed by atoms with Crippen molar-refractivity contribution in [2.45, 2.75) is 44.6 Å². The van der Waals surface area contributed by atoms with Crippen LogP contribution in [0.1, 0.15) is 38.5 Å².